The van der Waals surface area contributed by atoms with Crippen molar-refractivity contribution in [3.8, 4) is 11.4 Å². The van der Waals surface area contributed by atoms with Crippen LogP contribution in [0.25, 0.3) is 11.4 Å². The summed E-state index contributed by atoms with van der Waals surface area (Å²) in [4.78, 5) is 0. The molecule has 1 aliphatic carbocycles. The first kappa shape index (κ1) is 14.0. The number of nitrogens with zero attached hydrogens (tertiary/aromatic N) is 4. The molecule has 0 amide bonds. The molecule has 1 aromatic carbocycles. The van der Waals surface area contributed by atoms with E-state index in [1.807, 2.05) is 28.9 Å². The van der Waals surface area contributed by atoms with E-state index in [9.17, 15) is 0 Å². The molecule has 1 aliphatic rings. The van der Waals surface area contributed by atoms with Crippen LogP contribution < -0.4 is 5.73 Å². The number of benzene rings is 1. The van der Waals surface area contributed by atoms with Crippen LogP contribution in [-0.2, 0) is 0 Å². The van der Waals surface area contributed by atoms with Gasteiger partial charge in [-0.3, -0.25) is 0 Å². The number of nitrogens with two attached hydrogens (primary N) is 1. The molecule has 0 saturated heterocycles. The lowest BCUT2D eigenvalue weighted by atomic mass is 9.83. The van der Waals surface area contributed by atoms with E-state index in [1.54, 1.807) is 0 Å². The normalized spacial score (nSPS) is 17.8. The van der Waals surface area contributed by atoms with Crippen molar-refractivity contribution in [1.29, 1.82) is 0 Å². The minimum Gasteiger partial charge on any atom is -0.399 e. The maximum atomic E-state index is 5.76. The fourth-order valence-electron chi connectivity index (χ4n) is 3.46. The van der Waals surface area contributed by atoms with Crippen LogP contribution in [0.15, 0.2) is 24.3 Å². The maximum absolute atomic E-state index is 5.76. The lowest BCUT2D eigenvalue weighted by Crippen LogP contribution is -2.23. The summed E-state index contributed by atoms with van der Waals surface area (Å²) >= 11 is 0. The number of hydrogen-bond acceptors (Lipinski definition) is 4. The first-order valence-electron chi connectivity index (χ1n) is 7.93. The van der Waals surface area contributed by atoms with Gasteiger partial charge in [0, 0.05) is 11.3 Å². The highest BCUT2D eigenvalue weighted by Gasteiger charge is 2.27. The van der Waals surface area contributed by atoms with E-state index in [0.717, 1.165) is 23.5 Å². The molecule has 5 nitrogen and oxygen atoms in total. The Kier molecular flexibility index (Phi) is 4.18. The molecule has 1 saturated carbocycles. The van der Waals surface area contributed by atoms with Crippen molar-refractivity contribution >= 4 is 5.69 Å². The predicted octanol–water partition coefficient (Wildman–Crippen LogP) is 3.45. The average molecular weight is 285 g/mol. The monoisotopic (exact) mass is 285 g/mol. The molecule has 0 radical (unpaired) electrons. The highest BCUT2D eigenvalue weighted by Crippen LogP contribution is 2.36. The lowest BCUT2D eigenvalue weighted by molar-refractivity contribution is 0.228. The Morgan fingerprint density at radius 1 is 1.19 bits per heavy atom. The van der Waals surface area contributed by atoms with Crippen LogP contribution in [0, 0.1) is 5.92 Å². The van der Waals surface area contributed by atoms with Gasteiger partial charge in [-0.2, -0.15) is 0 Å². The van der Waals surface area contributed by atoms with Gasteiger partial charge in [0.2, 0.25) is 0 Å². The quantitative estimate of drug-likeness (QED) is 0.873. The van der Waals surface area contributed by atoms with Crippen molar-refractivity contribution < 1.29 is 0 Å². The van der Waals surface area contributed by atoms with Gasteiger partial charge < -0.3 is 5.73 Å². The molecule has 1 heterocycles. The zero-order valence-electron chi connectivity index (χ0n) is 12.6. The minimum atomic E-state index is 0.396. The lowest BCUT2D eigenvalue weighted by Gasteiger charge is -2.29. The number of nitrogen functional groups attached to an aromatic ring is 1. The van der Waals surface area contributed by atoms with Crippen molar-refractivity contribution in [2.24, 2.45) is 5.92 Å². The fourth-order valence-corrected chi connectivity index (χ4v) is 3.46. The van der Waals surface area contributed by atoms with Crippen molar-refractivity contribution in [1.82, 2.24) is 20.2 Å². The Morgan fingerprint density at radius 3 is 2.57 bits per heavy atom. The molecule has 2 aromatic rings. The molecule has 1 atom stereocenters. The van der Waals surface area contributed by atoms with E-state index in [2.05, 4.69) is 22.4 Å². The number of hydrogen-bond donors (Lipinski definition) is 1. The topological polar surface area (TPSA) is 69.6 Å². The molecule has 3 rings (SSSR count). The largest absolute Gasteiger partial charge is 0.399 e. The van der Waals surface area contributed by atoms with Gasteiger partial charge in [0.05, 0.1) is 6.04 Å². The Labute approximate surface area is 125 Å². The number of anilines is 1. The summed E-state index contributed by atoms with van der Waals surface area (Å²) < 4.78 is 2.03. The summed E-state index contributed by atoms with van der Waals surface area (Å²) in [5, 5.41) is 12.4. The summed E-state index contributed by atoms with van der Waals surface area (Å²) in [6.07, 6.45) is 7.69. The molecule has 112 valence electrons. The average Bonchev–Trinajstić information content (AvgIpc) is 2.99. The summed E-state index contributed by atoms with van der Waals surface area (Å²) in [6, 6.07) is 8.18. The molecule has 0 aliphatic heterocycles. The van der Waals surface area contributed by atoms with Crippen LogP contribution in [0.2, 0.25) is 0 Å². The first-order valence-corrected chi connectivity index (χ1v) is 7.93. The molecule has 1 aromatic heterocycles. The molecule has 1 fully saturated rings. The molecule has 1 unspecified atom stereocenters. The van der Waals surface area contributed by atoms with Crippen LogP contribution in [0.4, 0.5) is 5.69 Å². The molecule has 0 spiro atoms. The summed E-state index contributed by atoms with van der Waals surface area (Å²) in [5.41, 5.74) is 7.55. The second kappa shape index (κ2) is 6.24. The van der Waals surface area contributed by atoms with E-state index in [-0.39, 0.29) is 0 Å². The van der Waals surface area contributed by atoms with Gasteiger partial charge >= 0.3 is 0 Å². The molecular formula is C16H23N5. The molecule has 21 heavy (non-hydrogen) atoms. The van der Waals surface area contributed by atoms with Gasteiger partial charge in [0.1, 0.15) is 0 Å². The van der Waals surface area contributed by atoms with Crippen LogP contribution in [0.3, 0.4) is 0 Å². The predicted molar refractivity (Wildman–Crippen MR) is 83.6 cm³/mol. The molecule has 5 heteroatoms. The van der Waals surface area contributed by atoms with Gasteiger partial charge in [-0.15, -0.1) is 5.10 Å². The Morgan fingerprint density at radius 2 is 1.90 bits per heavy atom. The number of tetrazole rings is 1. The van der Waals surface area contributed by atoms with Crippen molar-refractivity contribution in [2.75, 3.05) is 5.73 Å². The van der Waals surface area contributed by atoms with Crippen LogP contribution in [0.5, 0.6) is 0 Å². The smallest absolute Gasteiger partial charge is 0.182 e. The summed E-state index contributed by atoms with van der Waals surface area (Å²) in [5.74, 6) is 1.55. The van der Waals surface area contributed by atoms with Crippen LogP contribution >= 0.6 is 0 Å². The van der Waals surface area contributed by atoms with E-state index < -0.39 is 0 Å². The van der Waals surface area contributed by atoms with Gasteiger partial charge in [-0.1, -0.05) is 26.2 Å². The van der Waals surface area contributed by atoms with Gasteiger partial charge in [0.25, 0.3) is 0 Å². The third-order valence-corrected chi connectivity index (χ3v) is 4.59. The van der Waals surface area contributed by atoms with Gasteiger partial charge in [-0.25, -0.2) is 4.68 Å². The van der Waals surface area contributed by atoms with Crippen molar-refractivity contribution in [2.45, 2.75) is 51.5 Å². The van der Waals surface area contributed by atoms with Crippen LogP contribution in [0.1, 0.15) is 51.5 Å². The van der Waals surface area contributed by atoms with Crippen LogP contribution in [-0.4, -0.2) is 20.2 Å². The van der Waals surface area contributed by atoms with E-state index >= 15 is 0 Å². The third-order valence-electron chi connectivity index (χ3n) is 4.59. The Hall–Kier alpha value is -1.91. The van der Waals surface area contributed by atoms with Crippen molar-refractivity contribution in [3.63, 3.8) is 0 Å². The van der Waals surface area contributed by atoms with E-state index in [0.29, 0.717) is 12.0 Å². The second-order valence-corrected chi connectivity index (χ2v) is 5.94. The van der Waals surface area contributed by atoms with Gasteiger partial charge in [0.15, 0.2) is 5.82 Å². The first-order chi connectivity index (χ1) is 10.3. The minimum absolute atomic E-state index is 0.396. The molecule has 0 bridgehead atoms. The standard InChI is InChI=1S/C16H23N5/c1-2-15(12-6-4-3-5-7-12)21-16(18-19-20-21)13-8-10-14(17)11-9-13/h8-12,15H,2-7,17H2,1H3. The van der Waals surface area contributed by atoms with E-state index in [1.165, 1.54) is 32.1 Å². The van der Waals surface area contributed by atoms with E-state index in [4.69, 9.17) is 5.73 Å². The maximum Gasteiger partial charge on any atom is 0.182 e. The number of aromatic nitrogens is 4. The number of rotatable bonds is 4. The summed E-state index contributed by atoms with van der Waals surface area (Å²) in [6.45, 7) is 2.23. The second-order valence-electron chi connectivity index (χ2n) is 5.94. The molecular weight excluding hydrogens is 262 g/mol. The molecule has 2 N–H and O–H groups in total. The highest BCUT2D eigenvalue weighted by molar-refractivity contribution is 5.58. The fraction of sp³-hybridized carbons (Fsp3) is 0.562. The Balaban J connectivity index is 1.91. The Bertz CT molecular complexity index is 569. The zero-order valence-corrected chi connectivity index (χ0v) is 12.6. The summed E-state index contributed by atoms with van der Waals surface area (Å²) in [7, 11) is 0. The third kappa shape index (κ3) is 2.91. The SMILES string of the molecule is CCC(C1CCCCC1)n1nnnc1-c1ccc(N)cc1. The van der Waals surface area contributed by atoms with Gasteiger partial charge in [-0.05, 0) is 59.9 Å². The van der Waals surface area contributed by atoms with Crippen molar-refractivity contribution in [3.05, 3.63) is 24.3 Å². The zero-order chi connectivity index (χ0) is 14.7. The highest BCUT2D eigenvalue weighted by atomic mass is 15.5.